The third-order valence-electron chi connectivity index (χ3n) is 7.39. The normalized spacial score (nSPS) is 17.4. The lowest BCUT2D eigenvalue weighted by Crippen LogP contribution is -2.33. The molecule has 5 heteroatoms. The number of rotatable bonds is 9. The topological polar surface area (TPSA) is 73.8 Å². The molecule has 4 N–H and O–H groups in total. The largest absolute Gasteiger partial charge is 0.487 e. The first-order valence-corrected chi connectivity index (χ1v) is 13.1. The maximum Gasteiger partial charge on any atom is 0.144 e. The van der Waals surface area contributed by atoms with Gasteiger partial charge in [-0.05, 0) is 71.2 Å². The van der Waals surface area contributed by atoms with E-state index in [0.29, 0.717) is 30.6 Å². The van der Waals surface area contributed by atoms with Gasteiger partial charge in [0.15, 0.2) is 0 Å². The molecular weight excluding hydrogens is 448 g/mol. The van der Waals surface area contributed by atoms with Crippen LogP contribution in [-0.4, -0.2) is 29.0 Å². The summed E-state index contributed by atoms with van der Waals surface area (Å²) in [6.07, 6.45) is 6.23. The Hall–Kier alpha value is -3.12. The number of hydrogen-bond donors (Lipinski definition) is 4. The molecule has 1 heterocycles. The summed E-state index contributed by atoms with van der Waals surface area (Å²) in [6.45, 7) is 5.35. The number of hydrogen-bond acceptors (Lipinski definition) is 5. The van der Waals surface area contributed by atoms with Crippen LogP contribution in [0.4, 0.5) is 5.69 Å². The van der Waals surface area contributed by atoms with Crippen molar-refractivity contribution in [3.63, 3.8) is 0 Å². The minimum atomic E-state index is -0.792. The molecule has 0 fully saturated rings. The number of aryl methyl sites for hydroxylation is 2. The van der Waals surface area contributed by atoms with E-state index < -0.39 is 12.3 Å². The Morgan fingerprint density at radius 2 is 1.69 bits per heavy atom. The van der Waals surface area contributed by atoms with E-state index in [-0.39, 0.29) is 0 Å². The SMILES string of the molecule is CCc1cc2c(cc1CC)CC(NCC(O)c1ccc(OCc3ccccc3)c3c1C=CC(O)N3)C2. The van der Waals surface area contributed by atoms with Crippen LogP contribution in [0.25, 0.3) is 6.08 Å². The van der Waals surface area contributed by atoms with E-state index in [1.54, 1.807) is 6.08 Å². The van der Waals surface area contributed by atoms with Gasteiger partial charge in [-0.1, -0.05) is 68.5 Å². The zero-order chi connectivity index (χ0) is 25.1. The number of benzene rings is 3. The molecule has 0 amide bonds. The quantitative estimate of drug-likeness (QED) is 0.346. The number of nitrogens with one attached hydrogen (secondary N) is 2. The number of fused-ring (bicyclic) bond motifs is 2. The van der Waals surface area contributed by atoms with Crippen LogP contribution in [0.1, 0.15) is 58.9 Å². The fourth-order valence-electron chi connectivity index (χ4n) is 5.44. The lowest BCUT2D eigenvalue weighted by atomic mass is 9.97. The van der Waals surface area contributed by atoms with Gasteiger partial charge < -0.3 is 25.6 Å². The van der Waals surface area contributed by atoms with Gasteiger partial charge in [0, 0.05) is 18.2 Å². The van der Waals surface area contributed by atoms with Crippen LogP contribution in [-0.2, 0) is 32.3 Å². The van der Waals surface area contributed by atoms with Crippen LogP contribution in [0, 0.1) is 0 Å². The van der Waals surface area contributed by atoms with Crippen molar-refractivity contribution >= 4 is 11.8 Å². The third kappa shape index (κ3) is 5.19. The summed E-state index contributed by atoms with van der Waals surface area (Å²) in [4.78, 5) is 0. The van der Waals surface area contributed by atoms with Crippen molar-refractivity contribution in [2.24, 2.45) is 0 Å². The lowest BCUT2D eigenvalue weighted by Gasteiger charge is -2.26. The first-order chi connectivity index (χ1) is 17.6. The number of ether oxygens (including phenoxy) is 1. The molecule has 2 atom stereocenters. The molecule has 3 aromatic rings. The first-order valence-electron chi connectivity index (χ1n) is 13.1. The summed E-state index contributed by atoms with van der Waals surface area (Å²) in [6, 6.07) is 18.9. The molecule has 2 unspecified atom stereocenters. The molecule has 0 spiro atoms. The Balaban J connectivity index is 1.28. The average Bonchev–Trinajstić information content (AvgIpc) is 3.31. The van der Waals surface area contributed by atoms with Crippen molar-refractivity contribution in [1.29, 1.82) is 0 Å². The maximum atomic E-state index is 11.2. The summed E-state index contributed by atoms with van der Waals surface area (Å²) < 4.78 is 6.08. The zero-order valence-electron chi connectivity index (χ0n) is 21.1. The number of anilines is 1. The number of aliphatic hydroxyl groups is 2. The van der Waals surface area contributed by atoms with Gasteiger partial charge in [-0.2, -0.15) is 0 Å². The fourth-order valence-corrected chi connectivity index (χ4v) is 5.44. The summed E-state index contributed by atoms with van der Waals surface area (Å²) in [5.74, 6) is 0.658. The zero-order valence-corrected chi connectivity index (χ0v) is 21.1. The van der Waals surface area contributed by atoms with Crippen LogP contribution in [0.3, 0.4) is 0 Å². The highest BCUT2D eigenvalue weighted by molar-refractivity contribution is 5.78. The predicted molar refractivity (Wildman–Crippen MR) is 145 cm³/mol. The van der Waals surface area contributed by atoms with E-state index in [4.69, 9.17) is 4.74 Å². The van der Waals surface area contributed by atoms with Crippen molar-refractivity contribution in [3.05, 3.63) is 99.6 Å². The van der Waals surface area contributed by atoms with Crippen LogP contribution in [0.2, 0.25) is 0 Å². The average molecular weight is 485 g/mol. The highest BCUT2D eigenvalue weighted by atomic mass is 16.5. The Bertz CT molecular complexity index is 1210. The Labute approximate surface area is 213 Å². The van der Waals surface area contributed by atoms with Gasteiger partial charge in [0.2, 0.25) is 0 Å². The van der Waals surface area contributed by atoms with E-state index in [1.165, 1.54) is 22.3 Å². The summed E-state index contributed by atoms with van der Waals surface area (Å²) >= 11 is 0. The second-order valence-corrected chi connectivity index (χ2v) is 9.79. The summed E-state index contributed by atoms with van der Waals surface area (Å²) in [7, 11) is 0. The van der Waals surface area contributed by atoms with Crippen molar-refractivity contribution in [3.8, 4) is 5.75 Å². The van der Waals surface area contributed by atoms with E-state index in [9.17, 15) is 10.2 Å². The molecular formula is C31H36N2O3. The number of aliphatic hydroxyl groups excluding tert-OH is 2. The molecule has 188 valence electrons. The molecule has 2 aliphatic rings. The first kappa shape index (κ1) is 24.6. The van der Waals surface area contributed by atoms with Crippen LogP contribution in [0.5, 0.6) is 5.75 Å². The van der Waals surface area contributed by atoms with E-state index >= 15 is 0 Å². The van der Waals surface area contributed by atoms with Crippen molar-refractivity contribution in [2.45, 2.75) is 64.5 Å². The molecule has 1 aliphatic heterocycles. The van der Waals surface area contributed by atoms with Gasteiger partial charge in [0.25, 0.3) is 0 Å². The van der Waals surface area contributed by atoms with Crippen LogP contribution >= 0.6 is 0 Å². The smallest absolute Gasteiger partial charge is 0.144 e. The maximum absolute atomic E-state index is 11.2. The van der Waals surface area contributed by atoms with Gasteiger partial charge in [-0.3, -0.25) is 0 Å². The second-order valence-electron chi connectivity index (χ2n) is 9.79. The van der Waals surface area contributed by atoms with Crippen molar-refractivity contribution < 1.29 is 14.9 Å². The Kier molecular flexibility index (Phi) is 7.42. The molecule has 0 saturated heterocycles. The molecule has 0 aromatic heterocycles. The fraction of sp³-hybridized carbons (Fsp3) is 0.355. The van der Waals surface area contributed by atoms with E-state index in [2.05, 4.69) is 36.6 Å². The minimum absolute atomic E-state index is 0.325. The summed E-state index contributed by atoms with van der Waals surface area (Å²) in [5.41, 5.74) is 9.25. The van der Waals surface area contributed by atoms with E-state index in [1.807, 2.05) is 48.5 Å². The highest BCUT2D eigenvalue weighted by Crippen LogP contribution is 2.38. The molecule has 0 bridgehead atoms. The van der Waals surface area contributed by atoms with Crippen molar-refractivity contribution in [1.82, 2.24) is 5.32 Å². The predicted octanol–water partition coefficient (Wildman–Crippen LogP) is 4.94. The van der Waals surface area contributed by atoms with Gasteiger partial charge in [-0.25, -0.2) is 0 Å². The summed E-state index contributed by atoms with van der Waals surface area (Å²) in [5, 5.41) is 28.0. The lowest BCUT2D eigenvalue weighted by molar-refractivity contribution is 0.169. The highest BCUT2D eigenvalue weighted by Gasteiger charge is 2.25. The second kappa shape index (κ2) is 10.9. The van der Waals surface area contributed by atoms with Gasteiger partial charge >= 0.3 is 0 Å². The molecule has 5 rings (SSSR count). The van der Waals surface area contributed by atoms with E-state index in [0.717, 1.165) is 42.4 Å². The van der Waals surface area contributed by atoms with Crippen LogP contribution < -0.4 is 15.4 Å². The molecule has 1 aliphatic carbocycles. The Morgan fingerprint density at radius 3 is 2.36 bits per heavy atom. The van der Waals surface area contributed by atoms with Gasteiger partial charge in [0.1, 0.15) is 18.6 Å². The molecule has 0 radical (unpaired) electrons. The molecule has 3 aromatic carbocycles. The molecule has 0 saturated carbocycles. The van der Waals surface area contributed by atoms with Gasteiger partial charge in [0.05, 0.1) is 11.8 Å². The molecule has 5 nitrogen and oxygen atoms in total. The van der Waals surface area contributed by atoms with Crippen molar-refractivity contribution in [2.75, 3.05) is 11.9 Å². The third-order valence-corrected chi connectivity index (χ3v) is 7.39. The monoisotopic (exact) mass is 484 g/mol. The van der Waals surface area contributed by atoms with Gasteiger partial charge in [-0.15, -0.1) is 0 Å². The Morgan fingerprint density at radius 1 is 1.00 bits per heavy atom. The molecule has 36 heavy (non-hydrogen) atoms. The minimum Gasteiger partial charge on any atom is -0.487 e. The van der Waals surface area contributed by atoms with Crippen LogP contribution in [0.15, 0.2) is 60.7 Å². The standard InChI is InChI=1S/C31H36N2O3/c1-3-21-14-23-16-25(17-24(23)15-22(21)4-2)32-18-28(34)26-10-12-29(31-27(26)11-13-30(35)33-31)36-19-20-8-6-5-7-9-20/h5-15,25,28,30,32-35H,3-4,16-19H2,1-2H3.